The topological polar surface area (TPSA) is 41.5 Å². The van der Waals surface area contributed by atoms with E-state index >= 15 is 0 Å². The SMILES string of the molecule is CC(O)CNCCCOc1ccccc1. The fraction of sp³-hybridized carbons (Fsp3) is 0.500. The lowest BCUT2D eigenvalue weighted by Crippen LogP contribution is -2.26. The molecule has 0 aliphatic carbocycles. The van der Waals surface area contributed by atoms with Gasteiger partial charge >= 0.3 is 0 Å². The molecule has 0 fully saturated rings. The summed E-state index contributed by atoms with van der Waals surface area (Å²) in [5, 5.41) is 12.1. The summed E-state index contributed by atoms with van der Waals surface area (Å²) in [6.45, 7) is 3.99. The molecule has 1 rings (SSSR count). The molecule has 3 heteroatoms. The van der Waals surface area contributed by atoms with E-state index in [0.717, 1.165) is 18.7 Å². The maximum Gasteiger partial charge on any atom is 0.119 e. The normalized spacial score (nSPS) is 12.4. The largest absolute Gasteiger partial charge is 0.494 e. The summed E-state index contributed by atoms with van der Waals surface area (Å²) in [6, 6.07) is 9.78. The number of aliphatic hydroxyl groups excluding tert-OH is 1. The molecule has 0 aromatic heterocycles. The van der Waals surface area contributed by atoms with Crippen LogP contribution in [-0.2, 0) is 0 Å². The third-order valence-corrected chi connectivity index (χ3v) is 1.95. The van der Waals surface area contributed by atoms with Crippen LogP contribution in [0.3, 0.4) is 0 Å². The zero-order chi connectivity index (χ0) is 10.9. The number of aliphatic hydroxyl groups is 1. The van der Waals surface area contributed by atoms with Gasteiger partial charge in [-0.1, -0.05) is 18.2 Å². The molecule has 0 saturated carbocycles. The highest BCUT2D eigenvalue weighted by molar-refractivity contribution is 5.20. The van der Waals surface area contributed by atoms with Crippen LogP contribution in [0.1, 0.15) is 13.3 Å². The van der Waals surface area contributed by atoms with Gasteiger partial charge in [0, 0.05) is 6.54 Å². The highest BCUT2D eigenvalue weighted by Crippen LogP contribution is 2.07. The molecule has 0 spiro atoms. The van der Waals surface area contributed by atoms with Crippen molar-refractivity contribution in [3.8, 4) is 5.75 Å². The lowest BCUT2D eigenvalue weighted by atomic mass is 10.3. The van der Waals surface area contributed by atoms with Crippen molar-refractivity contribution < 1.29 is 9.84 Å². The number of hydrogen-bond donors (Lipinski definition) is 2. The van der Waals surface area contributed by atoms with Gasteiger partial charge < -0.3 is 15.2 Å². The van der Waals surface area contributed by atoms with Crippen LogP contribution in [0.5, 0.6) is 5.75 Å². The molecule has 2 N–H and O–H groups in total. The van der Waals surface area contributed by atoms with Gasteiger partial charge in [0.05, 0.1) is 12.7 Å². The van der Waals surface area contributed by atoms with Crippen molar-refractivity contribution >= 4 is 0 Å². The fourth-order valence-corrected chi connectivity index (χ4v) is 1.21. The second kappa shape index (κ2) is 7.26. The summed E-state index contributed by atoms with van der Waals surface area (Å²) >= 11 is 0. The minimum absolute atomic E-state index is 0.278. The third kappa shape index (κ3) is 6.10. The maximum atomic E-state index is 8.99. The lowest BCUT2D eigenvalue weighted by Gasteiger charge is -2.08. The summed E-state index contributed by atoms with van der Waals surface area (Å²) in [6.07, 6.45) is 0.668. The van der Waals surface area contributed by atoms with Crippen LogP contribution in [-0.4, -0.2) is 30.9 Å². The summed E-state index contributed by atoms with van der Waals surface area (Å²) in [7, 11) is 0. The monoisotopic (exact) mass is 209 g/mol. The Balaban J connectivity index is 1.98. The van der Waals surface area contributed by atoms with Crippen molar-refractivity contribution in [3.63, 3.8) is 0 Å². The van der Waals surface area contributed by atoms with Crippen molar-refractivity contribution in [3.05, 3.63) is 30.3 Å². The Kier molecular flexibility index (Phi) is 5.81. The molecule has 0 radical (unpaired) electrons. The Labute approximate surface area is 91.1 Å². The number of hydrogen-bond acceptors (Lipinski definition) is 3. The molecule has 0 aliphatic rings. The molecule has 0 bridgehead atoms. The van der Waals surface area contributed by atoms with Crippen molar-refractivity contribution in [2.45, 2.75) is 19.4 Å². The van der Waals surface area contributed by atoms with Crippen molar-refractivity contribution in [2.75, 3.05) is 19.7 Å². The summed E-state index contributed by atoms with van der Waals surface area (Å²) in [5.74, 6) is 0.910. The number of benzene rings is 1. The molecule has 1 unspecified atom stereocenters. The van der Waals surface area contributed by atoms with Crippen LogP contribution in [0, 0.1) is 0 Å². The molecule has 15 heavy (non-hydrogen) atoms. The van der Waals surface area contributed by atoms with Gasteiger partial charge in [-0.15, -0.1) is 0 Å². The third-order valence-electron chi connectivity index (χ3n) is 1.95. The van der Waals surface area contributed by atoms with Crippen LogP contribution in [0.25, 0.3) is 0 Å². The summed E-state index contributed by atoms with van der Waals surface area (Å²) in [5.41, 5.74) is 0. The minimum Gasteiger partial charge on any atom is -0.494 e. The van der Waals surface area contributed by atoms with Gasteiger partial charge in [-0.05, 0) is 32.0 Å². The van der Waals surface area contributed by atoms with E-state index in [1.807, 2.05) is 30.3 Å². The van der Waals surface area contributed by atoms with E-state index in [2.05, 4.69) is 5.32 Å². The second-order valence-corrected chi connectivity index (χ2v) is 3.57. The van der Waals surface area contributed by atoms with E-state index in [1.165, 1.54) is 0 Å². The van der Waals surface area contributed by atoms with Crippen LogP contribution in [0.4, 0.5) is 0 Å². The summed E-state index contributed by atoms with van der Waals surface area (Å²) in [4.78, 5) is 0. The van der Waals surface area contributed by atoms with E-state index in [1.54, 1.807) is 6.92 Å². The zero-order valence-corrected chi connectivity index (χ0v) is 9.15. The molecule has 3 nitrogen and oxygen atoms in total. The number of nitrogens with one attached hydrogen (secondary N) is 1. The quantitative estimate of drug-likeness (QED) is 0.667. The summed E-state index contributed by atoms with van der Waals surface area (Å²) < 4.78 is 5.51. The molecule has 0 amide bonds. The first-order valence-electron chi connectivity index (χ1n) is 5.35. The standard InChI is InChI=1S/C12H19NO2/c1-11(14)10-13-8-5-9-15-12-6-3-2-4-7-12/h2-4,6-7,11,13-14H,5,8-10H2,1H3. The number of para-hydroxylation sites is 1. The average molecular weight is 209 g/mol. The predicted molar refractivity (Wildman–Crippen MR) is 61.1 cm³/mol. The van der Waals surface area contributed by atoms with E-state index in [0.29, 0.717) is 13.2 Å². The number of rotatable bonds is 7. The van der Waals surface area contributed by atoms with E-state index in [-0.39, 0.29) is 6.10 Å². The van der Waals surface area contributed by atoms with Gasteiger partial charge in [-0.25, -0.2) is 0 Å². The molecule has 1 atom stereocenters. The van der Waals surface area contributed by atoms with E-state index in [4.69, 9.17) is 9.84 Å². The predicted octanol–water partition coefficient (Wildman–Crippen LogP) is 1.43. The molecule has 84 valence electrons. The van der Waals surface area contributed by atoms with Crippen molar-refractivity contribution in [2.24, 2.45) is 0 Å². The molecule has 1 aromatic carbocycles. The van der Waals surface area contributed by atoms with Gasteiger partial charge in [-0.3, -0.25) is 0 Å². The van der Waals surface area contributed by atoms with Gasteiger partial charge in [0.25, 0.3) is 0 Å². The minimum atomic E-state index is -0.278. The van der Waals surface area contributed by atoms with Crippen molar-refractivity contribution in [1.82, 2.24) is 5.32 Å². The Morgan fingerprint density at radius 3 is 2.73 bits per heavy atom. The highest BCUT2D eigenvalue weighted by atomic mass is 16.5. The highest BCUT2D eigenvalue weighted by Gasteiger charge is 1.94. The van der Waals surface area contributed by atoms with E-state index < -0.39 is 0 Å². The first-order valence-corrected chi connectivity index (χ1v) is 5.35. The molecule has 0 heterocycles. The Morgan fingerprint density at radius 2 is 2.07 bits per heavy atom. The van der Waals surface area contributed by atoms with Crippen molar-refractivity contribution in [1.29, 1.82) is 0 Å². The van der Waals surface area contributed by atoms with E-state index in [9.17, 15) is 0 Å². The molecule has 0 aliphatic heterocycles. The fourth-order valence-electron chi connectivity index (χ4n) is 1.21. The van der Waals surface area contributed by atoms with Crippen LogP contribution < -0.4 is 10.1 Å². The maximum absolute atomic E-state index is 8.99. The van der Waals surface area contributed by atoms with Gasteiger partial charge in [0.2, 0.25) is 0 Å². The second-order valence-electron chi connectivity index (χ2n) is 3.57. The Morgan fingerprint density at radius 1 is 1.33 bits per heavy atom. The van der Waals surface area contributed by atoms with Gasteiger partial charge in [0.1, 0.15) is 5.75 Å². The average Bonchev–Trinajstić information content (AvgIpc) is 2.24. The van der Waals surface area contributed by atoms with Gasteiger partial charge in [-0.2, -0.15) is 0 Å². The Hall–Kier alpha value is -1.06. The van der Waals surface area contributed by atoms with Crippen LogP contribution in [0.15, 0.2) is 30.3 Å². The lowest BCUT2D eigenvalue weighted by molar-refractivity contribution is 0.190. The molecular weight excluding hydrogens is 190 g/mol. The molecule has 1 aromatic rings. The van der Waals surface area contributed by atoms with Crippen LogP contribution in [0.2, 0.25) is 0 Å². The van der Waals surface area contributed by atoms with Crippen LogP contribution >= 0.6 is 0 Å². The smallest absolute Gasteiger partial charge is 0.119 e. The Bertz CT molecular complexity index is 249. The zero-order valence-electron chi connectivity index (χ0n) is 9.15. The number of ether oxygens (including phenoxy) is 1. The van der Waals surface area contributed by atoms with Gasteiger partial charge in [0.15, 0.2) is 0 Å². The molecule has 0 saturated heterocycles. The first-order chi connectivity index (χ1) is 7.29. The first kappa shape index (κ1) is 12.0. The molecular formula is C12H19NO2.